The van der Waals surface area contributed by atoms with E-state index in [1.54, 1.807) is 36.4 Å². The second kappa shape index (κ2) is 5.75. The van der Waals surface area contributed by atoms with E-state index in [9.17, 15) is 0 Å². The third-order valence-electron chi connectivity index (χ3n) is 2.47. The number of rotatable bonds is 2. The predicted octanol–water partition coefficient (Wildman–Crippen LogP) is 4.59. The molecule has 0 fully saturated rings. The molecule has 0 bridgehead atoms. The Morgan fingerprint density at radius 2 is 1.79 bits per heavy atom. The second-order valence-corrected chi connectivity index (χ2v) is 5.06. The van der Waals surface area contributed by atoms with Gasteiger partial charge in [-0.2, -0.15) is 10.5 Å². The first-order valence-electron chi connectivity index (χ1n) is 5.30. The molecular formula is C14H7BrClN3. The van der Waals surface area contributed by atoms with Crippen molar-refractivity contribution in [2.24, 2.45) is 0 Å². The van der Waals surface area contributed by atoms with E-state index in [4.69, 9.17) is 22.1 Å². The molecule has 0 saturated carbocycles. The zero-order valence-electron chi connectivity index (χ0n) is 9.61. The summed E-state index contributed by atoms with van der Waals surface area (Å²) < 4.78 is 0.849. The first-order valence-corrected chi connectivity index (χ1v) is 6.47. The zero-order valence-corrected chi connectivity index (χ0v) is 12.0. The normalized spacial score (nSPS) is 9.47. The SMILES string of the molecule is N#Cc1ccc(Cl)c(Nc2cc(Br)ccc2C#N)c1. The molecule has 0 heterocycles. The monoisotopic (exact) mass is 331 g/mol. The fraction of sp³-hybridized carbons (Fsp3) is 0. The Balaban J connectivity index is 2.45. The molecular weight excluding hydrogens is 326 g/mol. The van der Waals surface area contributed by atoms with Crippen LogP contribution >= 0.6 is 27.5 Å². The number of benzene rings is 2. The topological polar surface area (TPSA) is 59.6 Å². The van der Waals surface area contributed by atoms with Gasteiger partial charge in [-0.25, -0.2) is 0 Å². The van der Waals surface area contributed by atoms with Crippen molar-refractivity contribution in [3.63, 3.8) is 0 Å². The van der Waals surface area contributed by atoms with Crippen LogP contribution in [0.1, 0.15) is 11.1 Å². The van der Waals surface area contributed by atoms with Gasteiger partial charge in [-0.1, -0.05) is 27.5 Å². The zero-order chi connectivity index (χ0) is 13.8. The largest absolute Gasteiger partial charge is 0.353 e. The predicted molar refractivity (Wildman–Crippen MR) is 78.3 cm³/mol. The fourth-order valence-electron chi connectivity index (χ4n) is 1.55. The average Bonchev–Trinajstić information content (AvgIpc) is 2.41. The van der Waals surface area contributed by atoms with Crippen LogP contribution in [0, 0.1) is 22.7 Å². The quantitative estimate of drug-likeness (QED) is 0.875. The minimum Gasteiger partial charge on any atom is -0.353 e. The molecule has 3 nitrogen and oxygen atoms in total. The Morgan fingerprint density at radius 3 is 2.47 bits per heavy atom. The molecule has 2 rings (SSSR count). The lowest BCUT2D eigenvalue weighted by molar-refractivity contribution is 1.44. The number of halogens is 2. The molecule has 19 heavy (non-hydrogen) atoms. The van der Waals surface area contributed by atoms with Crippen molar-refractivity contribution in [1.82, 2.24) is 0 Å². The Bertz CT molecular complexity index is 714. The van der Waals surface area contributed by atoms with E-state index in [0.717, 1.165) is 4.47 Å². The van der Waals surface area contributed by atoms with Crippen LogP contribution < -0.4 is 5.32 Å². The van der Waals surface area contributed by atoms with Gasteiger partial charge in [-0.15, -0.1) is 0 Å². The molecule has 2 aromatic carbocycles. The third-order valence-corrected chi connectivity index (χ3v) is 3.29. The smallest absolute Gasteiger partial charge is 0.101 e. The van der Waals surface area contributed by atoms with Gasteiger partial charge >= 0.3 is 0 Å². The van der Waals surface area contributed by atoms with Crippen LogP contribution in [0.25, 0.3) is 0 Å². The highest BCUT2D eigenvalue weighted by atomic mass is 79.9. The van der Waals surface area contributed by atoms with E-state index in [0.29, 0.717) is 27.5 Å². The van der Waals surface area contributed by atoms with Crippen molar-refractivity contribution < 1.29 is 0 Å². The van der Waals surface area contributed by atoms with E-state index >= 15 is 0 Å². The maximum Gasteiger partial charge on any atom is 0.101 e. The van der Waals surface area contributed by atoms with Gasteiger partial charge in [-0.3, -0.25) is 0 Å². The highest BCUT2D eigenvalue weighted by Gasteiger charge is 2.07. The average molecular weight is 333 g/mol. The molecule has 0 aliphatic rings. The molecule has 0 unspecified atom stereocenters. The first kappa shape index (κ1) is 13.4. The molecule has 1 N–H and O–H groups in total. The van der Waals surface area contributed by atoms with Crippen molar-refractivity contribution in [2.45, 2.75) is 0 Å². The number of anilines is 2. The minimum atomic E-state index is 0.489. The Kier molecular flexibility index (Phi) is 4.06. The first-order chi connectivity index (χ1) is 9.13. The van der Waals surface area contributed by atoms with Gasteiger partial charge in [0.25, 0.3) is 0 Å². The van der Waals surface area contributed by atoms with E-state index < -0.39 is 0 Å². The van der Waals surface area contributed by atoms with E-state index in [1.807, 2.05) is 6.07 Å². The second-order valence-electron chi connectivity index (χ2n) is 3.73. The molecule has 0 aliphatic heterocycles. The lowest BCUT2D eigenvalue weighted by Crippen LogP contribution is -1.95. The summed E-state index contributed by atoms with van der Waals surface area (Å²) in [7, 11) is 0. The number of nitrogens with one attached hydrogen (secondary N) is 1. The molecule has 0 radical (unpaired) electrons. The highest BCUT2D eigenvalue weighted by Crippen LogP contribution is 2.29. The van der Waals surface area contributed by atoms with Crippen LogP contribution in [0.5, 0.6) is 0 Å². The Labute approximate surface area is 124 Å². The summed E-state index contributed by atoms with van der Waals surface area (Å²) in [5.41, 5.74) is 2.23. The summed E-state index contributed by atoms with van der Waals surface area (Å²) in [4.78, 5) is 0. The lowest BCUT2D eigenvalue weighted by Gasteiger charge is -2.10. The molecule has 0 aliphatic carbocycles. The lowest BCUT2D eigenvalue weighted by atomic mass is 10.1. The van der Waals surface area contributed by atoms with E-state index in [-0.39, 0.29) is 0 Å². The fourth-order valence-corrected chi connectivity index (χ4v) is 2.08. The molecule has 0 spiro atoms. The molecule has 0 saturated heterocycles. The van der Waals surface area contributed by atoms with Crippen LogP contribution in [0.3, 0.4) is 0 Å². The number of nitriles is 2. The summed E-state index contributed by atoms with van der Waals surface area (Å²) in [6.07, 6.45) is 0. The Hall–Kier alpha value is -2.01. The minimum absolute atomic E-state index is 0.489. The van der Waals surface area contributed by atoms with Gasteiger partial charge < -0.3 is 5.32 Å². The standard InChI is InChI=1S/C14H7BrClN3/c15-11-3-2-10(8-18)13(6-11)19-14-5-9(7-17)1-4-12(14)16/h1-6,19H. The molecule has 0 aromatic heterocycles. The molecule has 5 heteroatoms. The van der Waals surface area contributed by atoms with Gasteiger partial charge in [0.1, 0.15) is 6.07 Å². The molecule has 0 atom stereocenters. The van der Waals surface area contributed by atoms with Crippen LogP contribution in [0.4, 0.5) is 11.4 Å². The maximum atomic E-state index is 9.07. The summed E-state index contributed by atoms with van der Waals surface area (Å²) in [6, 6.07) is 14.4. The van der Waals surface area contributed by atoms with Crippen molar-refractivity contribution in [1.29, 1.82) is 10.5 Å². The van der Waals surface area contributed by atoms with Gasteiger partial charge in [0.15, 0.2) is 0 Å². The molecule has 2 aromatic rings. The van der Waals surface area contributed by atoms with Gasteiger partial charge in [-0.05, 0) is 36.4 Å². The van der Waals surface area contributed by atoms with Crippen LogP contribution in [-0.2, 0) is 0 Å². The summed E-state index contributed by atoms with van der Waals surface area (Å²) >= 11 is 9.42. The van der Waals surface area contributed by atoms with Crippen molar-refractivity contribution in [3.8, 4) is 12.1 Å². The van der Waals surface area contributed by atoms with E-state index in [2.05, 4.69) is 27.3 Å². The van der Waals surface area contributed by atoms with Gasteiger partial charge in [0.05, 0.1) is 33.6 Å². The Morgan fingerprint density at radius 1 is 1.00 bits per heavy atom. The summed E-state index contributed by atoms with van der Waals surface area (Å²) in [5, 5.41) is 21.5. The van der Waals surface area contributed by atoms with Crippen molar-refractivity contribution >= 4 is 38.9 Å². The van der Waals surface area contributed by atoms with Crippen molar-refractivity contribution in [2.75, 3.05) is 5.32 Å². The molecule has 92 valence electrons. The number of hydrogen-bond acceptors (Lipinski definition) is 3. The van der Waals surface area contributed by atoms with Crippen molar-refractivity contribution in [3.05, 3.63) is 57.0 Å². The molecule has 0 amide bonds. The van der Waals surface area contributed by atoms with Crippen LogP contribution in [0.2, 0.25) is 5.02 Å². The van der Waals surface area contributed by atoms with Crippen LogP contribution in [-0.4, -0.2) is 0 Å². The summed E-state index contributed by atoms with van der Waals surface area (Å²) in [5.74, 6) is 0. The number of hydrogen-bond donors (Lipinski definition) is 1. The summed E-state index contributed by atoms with van der Waals surface area (Å²) in [6.45, 7) is 0. The van der Waals surface area contributed by atoms with Gasteiger partial charge in [0, 0.05) is 4.47 Å². The number of nitrogens with zero attached hydrogens (tertiary/aromatic N) is 2. The van der Waals surface area contributed by atoms with Gasteiger partial charge in [0.2, 0.25) is 0 Å². The maximum absolute atomic E-state index is 9.07. The third kappa shape index (κ3) is 3.06. The highest BCUT2D eigenvalue weighted by molar-refractivity contribution is 9.10. The van der Waals surface area contributed by atoms with E-state index in [1.165, 1.54) is 0 Å². The van der Waals surface area contributed by atoms with Crippen LogP contribution in [0.15, 0.2) is 40.9 Å².